The van der Waals surface area contributed by atoms with Gasteiger partial charge in [0, 0.05) is 15.7 Å². The summed E-state index contributed by atoms with van der Waals surface area (Å²) in [6.07, 6.45) is 0. The lowest BCUT2D eigenvalue weighted by Crippen LogP contribution is -2.22. The molecule has 0 bridgehead atoms. The van der Waals surface area contributed by atoms with Gasteiger partial charge in [-0.1, -0.05) is 33.6 Å². The number of halogens is 1. The van der Waals surface area contributed by atoms with Crippen LogP contribution in [0.25, 0.3) is 0 Å². The molecule has 10 heteroatoms. The highest BCUT2D eigenvalue weighted by Gasteiger charge is 2.17. The molecule has 0 saturated carbocycles. The van der Waals surface area contributed by atoms with Gasteiger partial charge in [-0.25, -0.2) is 4.68 Å². The Morgan fingerprint density at radius 1 is 1.23 bits per heavy atom. The van der Waals surface area contributed by atoms with Crippen molar-refractivity contribution in [2.75, 3.05) is 24.5 Å². The third-order valence-corrected chi connectivity index (χ3v) is 5.34. The van der Waals surface area contributed by atoms with Crippen LogP contribution in [0, 0.1) is 18.6 Å². The first-order chi connectivity index (χ1) is 14.4. The number of ether oxygens (including phenoxy) is 2. The van der Waals surface area contributed by atoms with E-state index in [1.54, 1.807) is 17.9 Å². The fraction of sp³-hybridized carbons (Fsp3) is 0.250. The smallest absolute Gasteiger partial charge is 0.262 e. The van der Waals surface area contributed by atoms with E-state index in [1.165, 1.54) is 0 Å². The van der Waals surface area contributed by atoms with Crippen molar-refractivity contribution < 1.29 is 14.3 Å². The number of nitrogens with zero attached hydrogens (tertiary/aromatic N) is 2. The number of methoxy groups -OCH3 is 1. The van der Waals surface area contributed by atoms with Gasteiger partial charge in [0.05, 0.1) is 13.7 Å². The highest BCUT2D eigenvalue weighted by molar-refractivity contribution is 9.10. The second-order valence-corrected chi connectivity index (χ2v) is 7.75. The van der Waals surface area contributed by atoms with Crippen molar-refractivity contribution >= 4 is 39.7 Å². The van der Waals surface area contributed by atoms with E-state index in [0.717, 1.165) is 15.6 Å². The quantitative estimate of drug-likeness (QED) is 0.411. The van der Waals surface area contributed by atoms with Crippen molar-refractivity contribution in [1.82, 2.24) is 14.9 Å². The number of aromatic nitrogens is 3. The zero-order chi connectivity index (χ0) is 21.7. The van der Waals surface area contributed by atoms with Crippen LogP contribution in [-0.2, 0) is 11.3 Å². The summed E-state index contributed by atoms with van der Waals surface area (Å²) in [6.45, 7) is 4.01. The standard InChI is InChI=1S/C20H22BrN5O3S/c1-12-4-6-14(7-5-12)23-18(27)11-29-19-15(16(21)8-9-17(19)28-3)10-22-26-13(2)24-25-20(26)30/h4-9,22H,10-11H2,1-3H3,(H,23,27)(H,25,30). The average molecular weight is 492 g/mol. The summed E-state index contributed by atoms with van der Waals surface area (Å²) in [5.41, 5.74) is 5.80. The van der Waals surface area contributed by atoms with E-state index in [9.17, 15) is 4.79 Å². The van der Waals surface area contributed by atoms with Crippen LogP contribution in [0.4, 0.5) is 5.69 Å². The first kappa shape index (κ1) is 21.8. The van der Waals surface area contributed by atoms with Gasteiger partial charge < -0.3 is 20.2 Å². The van der Waals surface area contributed by atoms with Gasteiger partial charge in [-0.3, -0.25) is 9.89 Å². The Bertz CT molecular complexity index is 1090. The van der Waals surface area contributed by atoms with Gasteiger partial charge in [-0.05, 0) is 50.3 Å². The summed E-state index contributed by atoms with van der Waals surface area (Å²) in [5, 5.41) is 9.62. The van der Waals surface area contributed by atoms with Gasteiger partial charge in [0.2, 0.25) is 4.77 Å². The van der Waals surface area contributed by atoms with Gasteiger partial charge in [-0.15, -0.1) is 0 Å². The molecule has 0 atom stereocenters. The summed E-state index contributed by atoms with van der Waals surface area (Å²) in [4.78, 5) is 12.4. The number of aryl methyl sites for hydroxylation is 2. The Morgan fingerprint density at radius 3 is 2.60 bits per heavy atom. The molecule has 0 spiro atoms. The van der Waals surface area contributed by atoms with Crippen LogP contribution in [0.15, 0.2) is 40.9 Å². The topological polar surface area (TPSA) is 93.2 Å². The number of nitrogens with one attached hydrogen (secondary N) is 3. The number of hydrogen-bond acceptors (Lipinski definition) is 6. The molecular weight excluding hydrogens is 470 g/mol. The molecule has 0 saturated heterocycles. The van der Waals surface area contributed by atoms with Crippen LogP contribution in [0.2, 0.25) is 0 Å². The lowest BCUT2D eigenvalue weighted by Gasteiger charge is -2.18. The molecule has 8 nitrogen and oxygen atoms in total. The minimum atomic E-state index is -0.271. The number of aromatic amines is 1. The molecule has 1 heterocycles. The van der Waals surface area contributed by atoms with Crippen LogP contribution in [0.1, 0.15) is 17.0 Å². The molecule has 3 aromatic rings. The number of carbonyl (C=O) groups is 1. The molecule has 0 aliphatic carbocycles. The zero-order valence-corrected chi connectivity index (χ0v) is 19.2. The van der Waals surface area contributed by atoms with Gasteiger partial charge >= 0.3 is 0 Å². The van der Waals surface area contributed by atoms with E-state index in [1.807, 2.05) is 44.2 Å². The lowest BCUT2D eigenvalue weighted by atomic mass is 10.2. The highest BCUT2D eigenvalue weighted by Crippen LogP contribution is 2.36. The van der Waals surface area contributed by atoms with Gasteiger partial charge in [0.25, 0.3) is 5.91 Å². The normalized spacial score (nSPS) is 10.5. The second kappa shape index (κ2) is 9.77. The van der Waals surface area contributed by atoms with Gasteiger partial charge in [0.1, 0.15) is 5.82 Å². The van der Waals surface area contributed by atoms with Gasteiger partial charge in [-0.2, -0.15) is 5.10 Å². The fourth-order valence-electron chi connectivity index (χ4n) is 2.76. The van der Waals surface area contributed by atoms with Gasteiger partial charge in [0.15, 0.2) is 18.1 Å². The third-order valence-electron chi connectivity index (χ3n) is 4.32. The van der Waals surface area contributed by atoms with Crippen LogP contribution in [-0.4, -0.2) is 34.5 Å². The predicted octanol–water partition coefficient (Wildman–Crippen LogP) is 4.09. The van der Waals surface area contributed by atoms with E-state index >= 15 is 0 Å². The molecule has 158 valence electrons. The summed E-state index contributed by atoms with van der Waals surface area (Å²) >= 11 is 8.76. The molecule has 0 radical (unpaired) electrons. The number of amides is 1. The van der Waals surface area contributed by atoms with Crippen LogP contribution < -0.4 is 20.2 Å². The monoisotopic (exact) mass is 491 g/mol. The molecular formula is C20H22BrN5O3S. The van der Waals surface area contributed by atoms with Crippen LogP contribution in [0.5, 0.6) is 11.5 Å². The summed E-state index contributed by atoms with van der Waals surface area (Å²) in [7, 11) is 1.55. The Hall–Kier alpha value is -2.85. The van der Waals surface area contributed by atoms with E-state index in [0.29, 0.717) is 34.3 Å². The number of rotatable bonds is 8. The summed E-state index contributed by atoms with van der Waals surface area (Å²) in [6, 6.07) is 11.2. The largest absolute Gasteiger partial charge is 0.493 e. The summed E-state index contributed by atoms with van der Waals surface area (Å²) < 4.78 is 14.2. The number of H-pyrrole nitrogens is 1. The highest BCUT2D eigenvalue weighted by atomic mass is 79.9. The van der Waals surface area contributed by atoms with E-state index in [4.69, 9.17) is 21.7 Å². The minimum absolute atomic E-state index is 0.169. The molecule has 0 aliphatic heterocycles. The lowest BCUT2D eigenvalue weighted by molar-refractivity contribution is -0.118. The van der Waals surface area contributed by atoms with Crippen molar-refractivity contribution in [2.45, 2.75) is 20.4 Å². The van der Waals surface area contributed by atoms with Crippen molar-refractivity contribution in [2.24, 2.45) is 0 Å². The maximum atomic E-state index is 12.4. The Morgan fingerprint density at radius 2 is 1.97 bits per heavy atom. The Labute approximate surface area is 187 Å². The number of benzene rings is 2. The molecule has 0 unspecified atom stereocenters. The number of hydrogen-bond donors (Lipinski definition) is 3. The molecule has 1 aromatic heterocycles. The molecule has 1 amide bonds. The molecule has 30 heavy (non-hydrogen) atoms. The number of carbonyl (C=O) groups excluding carboxylic acids is 1. The summed E-state index contributed by atoms with van der Waals surface area (Å²) in [5.74, 6) is 1.41. The first-order valence-corrected chi connectivity index (χ1v) is 10.3. The maximum absolute atomic E-state index is 12.4. The molecule has 2 aromatic carbocycles. The third kappa shape index (κ3) is 5.19. The Balaban J connectivity index is 1.75. The van der Waals surface area contributed by atoms with Crippen LogP contribution >= 0.6 is 28.1 Å². The fourth-order valence-corrected chi connectivity index (χ4v) is 3.45. The molecule has 0 fully saturated rings. The second-order valence-electron chi connectivity index (χ2n) is 6.51. The van der Waals surface area contributed by atoms with Crippen molar-refractivity contribution in [3.63, 3.8) is 0 Å². The Kier molecular flexibility index (Phi) is 7.11. The molecule has 3 N–H and O–H groups in total. The zero-order valence-electron chi connectivity index (χ0n) is 16.8. The molecule has 3 rings (SSSR count). The van der Waals surface area contributed by atoms with Crippen molar-refractivity contribution in [1.29, 1.82) is 0 Å². The van der Waals surface area contributed by atoms with Crippen molar-refractivity contribution in [3.8, 4) is 11.5 Å². The average Bonchev–Trinajstić information content (AvgIpc) is 3.05. The predicted molar refractivity (Wildman–Crippen MR) is 121 cm³/mol. The molecule has 0 aliphatic rings. The van der Waals surface area contributed by atoms with E-state index in [2.05, 4.69) is 36.9 Å². The van der Waals surface area contributed by atoms with Crippen LogP contribution in [0.3, 0.4) is 0 Å². The SMILES string of the molecule is COc1ccc(Br)c(CNn2c(C)n[nH]c2=S)c1OCC(=O)Nc1ccc(C)cc1. The van der Waals surface area contributed by atoms with E-state index in [-0.39, 0.29) is 12.5 Å². The van der Waals surface area contributed by atoms with Crippen molar-refractivity contribution in [3.05, 3.63) is 62.6 Å². The first-order valence-electron chi connectivity index (χ1n) is 9.11. The maximum Gasteiger partial charge on any atom is 0.262 e. The van der Waals surface area contributed by atoms with E-state index < -0.39 is 0 Å². The minimum Gasteiger partial charge on any atom is -0.493 e. The number of anilines is 1.